The van der Waals surface area contributed by atoms with Gasteiger partial charge in [0.15, 0.2) is 6.04 Å². The van der Waals surface area contributed by atoms with Gasteiger partial charge in [0.1, 0.15) is 6.04 Å². The summed E-state index contributed by atoms with van der Waals surface area (Å²) in [5.41, 5.74) is 7.33. The van der Waals surface area contributed by atoms with Crippen molar-refractivity contribution in [3.63, 3.8) is 0 Å². The lowest BCUT2D eigenvalue weighted by Gasteiger charge is -2.23. The number of amides is 2. The van der Waals surface area contributed by atoms with Crippen LogP contribution in [0.15, 0.2) is 42.9 Å². The number of nitrogens with zero attached hydrogens (tertiary/aromatic N) is 1. The van der Waals surface area contributed by atoms with Crippen molar-refractivity contribution in [1.29, 1.82) is 0 Å². The van der Waals surface area contributed by atoms with Crippen molar-refractivity contribution < 1.29 is 24.6 Å². The standard InChI is InChI=1S/C19H25N5O5/c1-11(25)16(19(28)29)24-18(27)15(8-13-9-21-10-22-13)23-17(26)14(20)7-12-5-3-2-4-6-12/h2-6,9-11,14-16,25H,7-8,20H2,1H3,(H,21,22)(H,23,26)(H,24,27)(H,28,29)/t11-,14+,15+,16+/m1/s1. The van der Waals surface area contributed by atoms with Crippen LogP contribution in [0.1, 0.15) is 18.2 Å². The normalized spacial score (nSPS) is 15.0. The summed E-state index contributed by atoms with van der Waals surface area (Å²) in [4.78, 5) is 43.2. The van der Waals surface area contributed by atoms with Crippen molar-refractivity contribution in [2.45, 2.75) is 44.0 Å². The van der Waals surface area contributed by atoms with Crippen LogP contribution in [0.4, 0.5) is 0 Å². The molecule has 0 bridgehead atoms. The summed E-state index contributed by atoms with van der Waals surface area (Å²) in [6, 6.07) is 5.64. The zero-order valence-corrected chi connectivity index (χ0v) is 15.9. The number of benzene rings is 1. The van der Waals surface area contributed by atoms with Crippen molar-refractivity contribution in [1.82, 2.24) is 20.6 Å². The molecule has 0 saturated carbocycles. The number of hydrogen-bond acceptors (Lipinski definition) is 6. The van der Waals surface area contributed by atoms with E-state index in [0.717, 1.165) is 5.56 Å². The van der Waals surface area contributed by atoms with Gasteiger partial charge >= 0.3 is 5.97 Å². The largest absolute Gasteiger partial charge is 0.480 e. The maximum Gasteiger partial charge on any atom is 0.328 e. The van der Waals surface area contributed by atoms with Gasteiger partial charge in [-0.2, -0.15) is 0 Å². The fraction of sp³-hybridized carbons (Fsp3) is 0.368. The van der Waals surface area contributed by atoms with E-state index in [-0.39, 0.29) is 12.8 Å². The van der Waals surface area contributed by atoms with E-state index < -0.39 is 42.0 Å². The Hall–Kier alpha value is -3.24. The first-order valence-corrected chi connectivity index (χ1v) is 9.06. The third kappa shape index (κ3) is 6.70. The van der Waals surface area contributed by atoms with Crippen molar-refractivity contribution in [3.05, 3.63) is 54.1 Å². The molecule has 1 aromatic carbocycles. The predicted octanol–water partition coefficient (Wildman–Crippen LogP) is -1.04. The van der Waals surface area contributed by atoms with Gasteiger partial charge in [-0.05, 0) is 18.9 Å². The number of aliphatic hydroxyl groups is 1. The van der Waals surface area contributed by atoms with E-state index >= 15 is 0 Å². The van der Waals surface area contributed by atoms with Crippen molar-refractivity contribution in [3.8, 4) is 0 Å². The Balaban J connectivity index is 2.09. The van der Waals surface area contributed by atoms with E-state index in [1.165, 1.54) is 13.3 Å². The molecular weight excluding hydrogens is 378 g/mol. The number of rotatable bonds is 10. The van der Waals surface area contributed by atoms with Gasteiger partial charge in [-0.3, -0.25) is 9.59 Å². The maximum atomic E-state index is 12.6. The highest BCUT2D eigenvalue weighted by molar-refractivity contribution is 5.92. The van der Waals surface area contributed by atoms with Crippen LogP contribution >= 0.6 is 0 Å². The number of hydrogen-bond donors (Lipinski definition) is 6. The van der Waals surface area contributed by atoms with E-state index in [0.29, 0.717) is 5.69 Å². The average Bonchev–Trinajstić information content (AvgIpc) is 3.18. The second kappa shape index (κ2) is 10.3. The van der Waals surface area contributed by atoms with Crippen molar-refractivity contribution >= 4 is 17.8 Å². The van der Waals surface area contributed by atoms with Gasteiger partial charge in [0.25, 0.3) is 0 Å². The van der Waals surface area contributed by atoms with Gasteiger partial charge in [0.2, 0.25) is 11.8 Å². The third-order valence-electron chi connectivity index (χ3n) is 4.28. The smallest absolute Gasteiger partial charge is 0.328 e. The number of nitrogens with two attached hydrogens (primary N) is 1. The van der Waals surface area contributed by atoms with E-state index in [1.54, 1.807) is 6.20 Å². The molecule has 1 aromatic heterocycles. The number of aliphatic hydroxyl groups excluding tert-OH is 1. The van der Waals surface area contributed by atoms with E-state index in [9.17, 15) is 19.5 Å². The summed E-state index contributed by atoms with van der Waals surface area (Å²) in [5.74, 6) is -2.71. The van der Waals surface area contributed by atoms with Crippen LogP contribution in [-0.4, -0.2) is 62.2 Å². The molecule has 0 spiro atoms. The molecule has 0 aliphatic rings. The maximum absolute atomic E-state index is 12.6. The number of carbonyl (C=O) groups is 3. The Kier molecular flexibility index (Phi) is 7.87. The topological polar surface area (TPSA) is 170 Å². The number of nitrogens with one attached hydrogen (secondary N) is 3. The lowest BCUT2D eigenvalue weighted by Crippen LogP contribution is -2.57. The van der Waals surface area contributed by atoms with E-state index in [1.807, 2.05) is 30.3 Å². The minimum Gasteiger partial charge on any atom is -0.480 e. The molecule has 10 heteroatoms. The van der Waals surface area contributed by atoms with Crippen LogP contribution in [0.3, 0.4) is 0 Å². The molecule has 0 radical (unpaired) electrons. The molecule has 156 valence electrons. The lowest BCUT2D eigenvalue weighted by atomic mass is 10.0. The zero-order valence-electron chi connectivity index (χ0n) is 15.9. The summed E-state index contributed by atoms with van der Waals surface area (Å²) in [5, 5.41) is 23.5. The third-order valence-corrected chi connectivity index (χ3v) is 4.28. The first-order chi connectivity index (χ1) is 13.8. The second-order valence-corrected chi connectivity index (χ2v) is 6.69. The number of H-pyrrole nitrogens is 1. The first-order valence-electron chi connectivity index (χ1n) is 9.06. The lowest BCUT2D eigenvalue weighted by molar-refractivity contribution is -0.145. The average molecular weight is 403 g/mol. The highest BCUT2D eigenvalue weighted by atomic mass is 16.4. The number of carboxylic acid groups (broad SMARTS) is 1. The Labute approximate surface area is 167 Å². The number of carboxylic acids is 1. The summed E-state index contributed by atoms with van der Waals surface area (Å²) in [7, 11) is 0. The van der Waals surface area contributed by atoms with Crippen LogP contribution in [0.5, 0.6) is 0 Å². The van der Waals surface area contributed by atoms with Gasteiger partial charge in [0, 0.05) is 12.6 Å². The van der Waals surface area contributed by atoms with Crippen LogP contribution in [0, 0.1) is 0 Å². The minimum absolute atomic E-state index is 0.0191. The molecule has 0 fully saturated rings. The summed E-state index contributed by atoms with van der Waals surface area (Å²) in [6.07, 6.45) is 1.95. The molecule has 10 nitrogen and oxygen atoms in total. The van der Waals surface area contributed by atoms with Gasteiger partial charge < -0.3 is 31.6 Å². The first kappa shape index (κ1) is 22.1. The Morgan fingerprint density at radius 3 is 2.38 bits per heavy atom. The fourth-order valence-corrected chi connectivity index (χ4v) is 2.70. The number of carbonyl (C=O) groups excluding carboxylic acids is 2. The molecule has 4 atom stereocenters. The Morgan fingerprint density at radius 1 is 1.14 bits per heavy atom. The quantitative estimate of drug-likeness (QED) is 0.294. The highest BCUT2D eigenvalue weighted by Crippen LogP contribution is 2.05. The number of imidazole rings is 1. The van der Waals surface area contributed by atoms with Crippen molar-refractivity contribution in [2.75, 3.05) is 0 Å². The van der Waals surface area contributed by atoms with Gasteiger partial charge in [-0.1, -0.05) is 30.3 Å². The van der Waals surface area contributed by atoms with Gasteiger partial charge in [-0.25, -0.2) is 9.78 Å². The minimum atomic E-state index is -1.51. The molecule has 7 N–H and O–H groups in total. The molecule has 2 amide bonds. The second-order valence-electron chi connectivity index (χ2n) is 6.69. The van der Waals surface area contributed by atoms with Crippen LogP contribution in [-0.2, 0) is 27.2 Å². The van der Waals surface area contributed by atoms with E-state index in [4.69, 9.17) is 10.8 Å². The summed E-state index contributed by atoms with van der Waals surface area (Å²) < 4.78 is 0. The molecule has 2 aromatic rings. The van der Waals surface area contributed by atoms with Crippen LogP contribution in [0.2, 0.25) is 0 Å². The molecule has 0 saturated heterocycles. The number of aromatic nitrogens is 2. The van der Waals surface area contributed by atoms with Gasteiger partial charge in [0.05, 0.1) is 24.2 Å². The Bertz CT molecular complexity index is 810. The molecule has 1 heterocycles. The Morgan fingerprint density at radius 2 is 1.83 bits per heavy atom. The molecule has 2 rings (SSSR count). The van der Waals surface area contributed by atoms with E-state index in [2.05, 4.69) is 20.6 Å². The summed E-state index contributed by atoms with van der Waals surface area (Å²) >= 11 is 0. The molecule has 29 heavy (non-hydrogen) atoms. The fourth-order valence-electron chi connectivity index (χ4n) is 2.70. The van der Waals surface area contributed by atoms with Crippen LogP contribution in [0.25, 0.3) is 0 Å². The number of aliphatic carboxylic acids is 1. The zero-order chi connectivity index (χ0) is 21.4. The highest BCUT2D eigenvalue weighted by Gasteiger charge is 2.30. The summed E-state index contributed by atoms with van der Waals surface area (Å²) in [6.45, 7) is 1.25. The van der Waals surface area contributed by atoms with Crippen LogP contribution < -0.4 is 16.4 Å². The SMILES string of the molecule is C[C@@H](O)[C@H](NC(=O)[C@H](Cc1c[nH]cn1)NC(=O)[C@@H](N)Cc1ccccc1)C(=O)O. The number of aromatic amines is 1. The molecule has 0 aliphatic heterocycles. The molecular formula is C19H25N5O5. The van der Waals surface area contributed by atoms with Gasteiger partial charge in [-0.15, -0.1) is 0 Å². The van der Waals surface area contributed by atoms with Crippen molar-refractivity contribution in [2.24, 2.45) is 5.73 Å². The monoisotopic (exact) mass is 403 g/mol. The molecule has 0 unspecified atom stereocenters. The molecule has 0 aliphatic carbocycles. The predicted molar refractivity (Wildman–Crippen MR) is 104 cm³/mol.